The first kappa shape index (κ1) is 9.31. The third-order valence-electron chi connectivity index (χ3n) is 1.98. The fraction of sp³-hybridized carbons (Fsp3) is 0.0909. The molecule has 0 aliphatic rings. The molecule has 0 bridgehead atoms. The van der Waals surface area contributed by atoms with E-state index in [9.17, 15) is 5.11 Å². The largest absolute Gasteiger partial charge is 0.466 e. The Labute approximate surface area is 86.7 Å². The van der Waals surface area contributed by atoms with Crippen molar-refractivity contribution in [3.63, 3.8) is 0 Å². The molecule has 72 valence electrons. The van der Waals surface area contributed by atoms with Crippen molar-refractivity contribution in [3.05, 3.63) is 59.0 Å². The lowest BCUT2D eigenvalue weighted by atomic mass is 10.1. The highest BCUT2D eigenvalue weighted by atomic mass is 35.5. The minimum Gasteiger partial charge on any atom is -0.466 e. The SMILES string of the molecule is O[C@@H](c1cccc(Cl)c1)c1ccco1. The Kier molecular flexibility index (Phi) is 2.57. The van der Waals surface area contributed by atoms with Gasteiger partial charge in [0.25, 0.3) is 0 Å². The average Bonchev–Trinajstić information content (AvgIpc) is 2.69. The Morgan fingerprint density at radius 1 is 1.21 bits per heavy atom. The molecule has 1 heterocycles. The predicted molar refractivity (Wildman–Crippen MR) is 54.2 cm³/mol. The van der Waals surface area contributed by atoms with Gasteiger partial charge < -0.3 is 9.52 Å². The zero-order chi connectivity index (χ0) is 9.97. The highest BCUT2D eigenvalue weighted by Gasteiger charge is 2.12. The monoisotopic (exact) mass is 208 g/mol. The molecular formula is C11H9ClO2. The number of hydrogen-bond donors (Lipinski definition) is 1. The minimum absolute atomic E-state index is 0.521. The van der Waals surface area contributed by atoms with Gasteiger partial charge in [-0.15, -0.1) is 0 Å². The van der Waals surface area contributed by atoms with Gasteiger partial charge in [0.15, 0.2) is 0 Å². The first-order valence-corrected chi connectivity index (χ1v) is 4.62. The van der Waals surface area contributed by atoms with Crippen LogP contribution in [0.2, 0.25) is 5.02 Å². The number of aliphatic hydroxyl groups excluding tert-OH is 1. The van der Waals surface area contributed by atoms with E-state index in [0.29, 0.717) is 10.8 Å². The number of aliphatic hydroxyl groups is 1. The molecule has 14 heavy (non-hydrogen) atoms. The van der Waals surface area contributed by atoms with Crippen LogP contribution in [0.5, 0.6) is 0 Å². The lowest BCUT2D eigenvalue weighted by Crippen LogP contribution is -1.97. The standard InChI is InChI=1S/C11H9ClO2/c12-9-4-1-3-8(7-9)11(13)10-5-2-6-14-10/h1-7,11,13H/t11-/m0/s1. The highest BCUT2D eigenvalue weighted by Crippen LogP contribution is 2.24. The second kappa shape index (κ2) is 3.86. The van der Waals surface area contributed by atoms with E-state index >= 15 is 0 Å². The normalized spacial score (nSPS) is 12.7. The van der Waals surface area contributed by atoms with Crippen LogP contribution in [0.1, 0.15) is 17.4 Å². The van der Waals surface area contributed by atoms with E-state index < -0.39 is 6.10 Å². The van der Waals surface area contributed by atoms with Crippen molar-refractivity contribution in [3.8, 4) is 0 Å². The van der Waals surface area contributed by atoms with Crippen molar-refractivity contribution in [2.24, 2.45) is 0 Å². The maximum Gasteiger partial charge on any atom is 0.137 e. The fourth-order valence-corrected chi connectivity index (χ4v) is 1.49. The van der Waals surface area contributed by atoms with E-state index in [0.717, 1.165) is 5.56 Å². The van der Waals surface area contributed by atoms with Gasteiger partial charge in [-0.2, -0.15) is 0 Å². The second-order valence-electron chi connectivity index (χ2n) is 2.97. The van der Waals surface area contributed by atoms with Crippen molar-refractivity contribution in [2.45, 2.75) is 6.10 Å². The van der Waals surface area contributed by atoms with E-state index in [1.807, 2.05) is 0 Å². The molecule has 3 heteroatoms. The minimum atomic E-state index is -0.747. The zero-order valence-electron chi connectivity index (χ0n) is 7.35. The summed E-state index contributed by atoms with van der Waals surface area (Å²) in [6, 6.07) is 10.5. The Balaban J connectivity index is 2.32. The van der Waals surface area contributed by atoms with Crippen LogP contribution in [0, 0.1) is 0 Å². The topological polar surface area (TPSA) is 33.4 Å². The smallest absolute Gasteiger partial charge is 0.137 e. The first-order chi connectivity index (χ1) is 6.77. The van der Waals surface area contributed by atoms with Crippen LogP contribution < -0.4 is 0 Å². The van der Waals surface area contributed by atoms with Crippen LogP contribution in [0.15, 0.2) is 47.1 Å². The molecule has 1 atom stereocenters. The van der Waals surface area contributed by atoms with Crippen LogP contribution in [0.4, 0.5) is 0 Å². The molecule has 0 saturated heterocycles. The van der Waals surface area contributed by atoms with Gasteiger partial charge in [-0.05, 0) is 29.8 Å². The summed E-state index contributed by atoms with van der Waals surface area (Å²) in [5, 5.41) is 10.5. The van der Waals surface area contributed by atoms with Gasteiger partial charge in [-0.3, -0.25) is 0 Å². The maximum atomic E-state index is 9.85. The van der Waals surface area contributed by atoms with Gasteiger partial charge in [0, 0.05) is 5.02 Å². The molecule has 0 aliphatic heterocycles. The molecule has 0 fully saturated rings. The molecule has 2 aromatic rings. The molecule has 0 radical (unpaired) electrons. The van der Waals surface area contributed by atoms with Gasteiger partial charge >= 0.3 is 0 Å². The Bertz CT molecular complexity index is 409. The quantitative estimate of drug-likeness (QED) is 0.823. The van der Waals surface area contributed by atoms with Crippen molar-refractivity contribution in [1.29, 1.82) is 0 Å². The van der Waals surface area contributed by atoms with Crippen molar-refractivity contribution in [2.75, 3.05) is 0 Å². The molecule has 0 amide bonds. The van der Waals surface area contributed by atoms with Crippen LogP contribution in [-0.2, 0) is 0 Å². The average molecular weight is 209 g/mol. The molecule has 1 N–H and O–H groups in total. The number of rotatable bonds is 2. The van der Waals surface area contributed by atoms with E-state index in [1.165, 1.54) is 6.26 Å². The Morgan fingerprint density at radius 2 is 2.07 bits per heavy atom. The van der Waals surface area contributed by atoms with Gasteiger partial charge in [-0.1, -0.05) is 23.7 Å². The lowest BCUT2D eigenvalue weighted by molar-refractivity contribution is 0.189. The third kappa shape index (κ3) is 1.81. The molecule has 0 unspecified atom stereocenters. The van der Waals surface area contributed by atoms with E-state index in [-0.39, 0.29) is 0 Å². The summed E-state index contributed by atoms with van der Waals surface area (Å²) >= 11 is 5.81. The fourth-order valence-electron chi connectivity index (χ4n) is 1.29. The number of hydrogen-bond acceptors (Lipinski definition) is 2. The molecule has 0 spiro atoms. The summed E-state index contributed by atoms with van der Waals surface area (Å²) in [5.41, 5.74) is 0.729. The van der Waals surface area contributed by atoms with Gasteiger partial charge in [-0.25, -0.2) is 0 Å². The molecule has 0 aliphatic carbocycles. The number of benzene rings is 1. The Morgan fingerprint density at radius 3 is 2.71 bits per heavy atom. The van der Waals surface area contributed by atoms with E-state index in [1.54, 1.807) is 36.4 Å². The number of halogens is 1. The van der Waals surface area contributed by atoms with Crippen LogP contribution >= 0.6 is 11.6 Å². The molecule has 2 rings (SSSR count). The lowest BCUT2D eigenvalue weighted by Gasteiger charge is -2.07. The van der Waals surface area contributed by atoms with Gasteiger partial charge in [0.1, 0.15) is 11.9 Å². The summed E-state index contributed by atoms with van der Waals surface area (Å²) in [4.78, 5) is 0. The maximum absolute atomic E-state index is 9.85. The summed E-state index contributed by atoms with van der Waals surface area (Å²) in [5.74, 6) is 0.521. The summed E-state index contributed by atoms with van der Waals surface area (Å²) in [6.45, 7) is 0. The molecule has 1 aromatic carbocycles. The van der Waals surface area contributed by atoms with Crippen LogP contribution in [-0.4, -0.2) is 5.11 Å². The molecular weight excluding hydrogens is 200 g/mol. The highest BCUT2D eigenvalue weighted by molar-refractivity contribution is 6.30. The van der Waals surface area contributed by atoms with E-state index in [2.05, 4.69) is 0 Å². The van der Waals surface area contributed by atoms with E-state index in [4.69, 9.17) is 16.0 Å². The van der Waals surface area contributed by atoms with Crippen molar-refractivity contribution < 1.29 is 9.52 Å². The number of furan rings is 1. The molecule has 0 saturated carbocycles. The Hall–Kier alpha value is -1.25. The van der Waals surface area contributed by atoms with Crippen LogP contribution in [0.3, 0.4) is 0 Å². The zero-order valence-corrected chi connectivity index (χ0v) is 8.11. The van der Waals surface area contributed by atoms with Crippen LogP contribution in [0.25, 0.3) is 0 Å². The predicted octanol–water partition coefficient (Wildman–Crippen LogP) is 3.01. The molecule has 2 nitrogen and oxygen atoms in total. The first-order valence-electron chi connectivity index (χ1n) is 4.24. The van der Waals surface area contributed by atoms with Gasteiger partial charge in [0.2, 0.25) is 0 Å². The van der Waals surface area contributed by atoms with Crippen molar-refractivity contribution >= 4 is 11.6 Å². The third-order valence-corrected chi connectivity index (χ3v) is 2.21. The van der Waals surface area contributed by atoms with Crippen molar-refractivity contribution in [1.82, 2.24) is 0 Å². The summed E-state index contributed by atoms with van der Waals surface area (Å²) in [6.07, 6.45) is 0.784. The second-order valence-corrected chi connectivity index (χ2v) is 3.41. The van der Waals surface area contributed by atoms with Gasteiger partial charge in [0.05, 0.1) is 6.26 Å². The molecule has 1 aromatic heterocycles. The summed E-state index contributed by atoms with van der Waals surface area (Å²) in [7, 11) is 0. The summed E-state index contributed by atoms with van der Waals surface area (Å²) < 4.78 is 5.10.